The summed E-state index contributed by atoms with van der Waals surface area (Å²) in [4.78, 5) is 0. The zero-order chi connectivity index (χ0) is 15.5. The lowest BCUT2D eigenvalue weighted by Crippen LogP contribution is -2.09. The van der Waals surface area contributed by atoms with Crippen molar-refractivity contribution in [3.63, 3.8) is 0 Å². The number of benzene rings is 3. The first-order valence-electron chi connectivity index (χ1n) is 7.97. The first-order chi connectivity index (χ1) is 11.4. The van der Waals surface area contributed by atoms with Gasteiger partial charge in [-0.15, -0.1) is 0 Å². The lowest BCUT2D eigenvalue weighted by molar-refractivity contribution is 0.359. The molecule has 3 aromatic carbocycles. The molecule has 0 bridgehead atoms. The van der Waals surface area contributed by atoms with Crippen molar-refractivity contribution in [1.82, 2.24) is 0 Å². The van der Waals surface area contributed by atoms with E-state index in [9.17, 15) is 0 Å². The van der Waals surface area contributed by atoms with Crippen LogP contribution in [0.1, 0.15) is 11.1 Å². The molecular formula is C21H18OSi. The van der Waals surface area contributed by atoms with Crippen molar-refractivity contribution in [2.24, 2.45) is 0 Å². The molecular weight excluding hydrogens is 296 g/mol. The molecule has 0 saturated heterocycles. The standard InChI is InChI=1S/C13H10O.C8H8Si/c1-2-5-11-10(4-1)7-8-13-12(11)6-3-9-14-13;1-2-4-8-7(3-1)5-6-9-8/h1-8H,9H2;1-6H,9H2. The number of rotatable bonds is 0. The zero-order valence-corrected chi connectivity index (χ0v) is 14.3. The molecule has 0 aliphatic carbocycles. The summed E-state index contributed by atoms with van der Waals surface area (Å²) >= 11 is 0. The molecule has 0 unspecified atom stereocenters. The Balaban J connectivity index is 0.000000130. The van der Waals surface area contributed by atoms with Crippen molar-refractivity contribution >= 4 is 37.6 Å². The van der Waals surface area contributed by atoms with E-state index < -0.39 is 0 Å². The minimum absolute atomic E-state index is 0.0110. The summed E-state index contributed by atoms with van der Waals surface area (Å²) < 4.78 is 5.54. The molecule has 0 saturated carbocycles. The Labute approximate surface area is 138 Å². The minimum Gasteiger partial charge on any atom is -0.489 e. The Morgan fingerprint density at radius 2 is 1.70 bits per heavy atom. The Hall–Kier alpha value is -2.58. The molecule has 2 heteroatoms. The Morgan fingerprint density at radius 3 is 2.65 bits per heavy atom. The van der Waals surface area contributed by atoms with Gasteiger partial charge in [0.2, 0.25) is 0 Å². The van der Waals surface area contributed by atoms with E-state index in [1.807, 2.05) is 6.07 Å². The van der Waals surface area contributed by atoms with Crippen LogP contribution in [0.4, 0.5) is 0 Å². The third-order valence-electron chi connectivity index (χ3n) is 4.24. The fourth-order valence-electron chi connectivity index (χ4n) is 3.07. The van der Waals surface area contributed by atoms with Gasteiger partial charge in [-0.2, -0.15) is 0 Å². The van der Waals surface area contributed by atoms with Gasteiger partial charge >= 0.3 is 0 Å². The lowest BCUT2D eigenvalue weighted by atomic mass is 10.0. The van der Waals surface area contributed by atoms with E-state index in [2.05, 4.69) is 78.5 Å². The molecule has 0 radical (unpaired) electrons. The first-order valence-corrected chi connectivity index (χ1v) is 9.50. The molecule has 0 amide bonds. The monoisotopic (exact) mass is 314 g/mol. The van der Waals surface area contributed by atoms with Crippen LogP contribution in [-0.2, 0) is 0 Å². The molecule has 2 heterocycles. The van der Waals surface area contributed by atoms with Crippen LogP contribution in [0.2, 0.25) is 0 Å². The van der Waals surface area contributed by atoms with Crippen molar-refractivity contribution in [3.8, 4) is 5.75 Å². The fraction of sp³-hybridized carbons (Fsp3) is 0.0476. The lowest BCUT2D eigenvalue weighted by Gasteiger charge is -2.14. The average Bonchev–Trinajstić information content (AvgIpc) is 3.11. The molecule has 23 heavy (non-hydrogen) atoms. The molecule has 0 spiro atoms. The van der Waals surface area contributed by atoms with Gasteiger partial charge in [-0.05, 0) is 28.5 Å². The predicted molar refractivity (Wildman–Crippen MR) is 102 cm³/mol. The number of fused-ring (bicyclic) bond motifs is 4. The van der Waals surface area contributed by atoms with E-state index in [1.54, 1.807) is 5.19 Å². The molecule has 2 aliphatic heterocycles. The second kappa shape index (κ2) is 6.27. The van der Waals surface area contributed by atoms with Crippen LogP contribution >= 0.6 is 0 Å². The molecule has 1 nitrogen and oxygen atoms in total. The quantitative estimate of drug-likeness (QED) is 0.575. The normalized spacial score (nSPS) is 14.8. The topological polar surface area (TPSA) is 9.23 Å². The highest BCUT2D eigenvalue weighted by Gasteiger charge is 2.08. The highest BCUT2D eigenvalue weighted by Crippen LogP contribution is 2.31. The summed E-state index contributed by atoms with van der Waals surface area (Å²) in [7, 11) is 0.0110. The van der Waals surface area contributed by atoms with Crippen LogP contribution in [0, 0.1) is 0 Å². The van der Waals surface area contributed by atoms with Crippen LogP contribution < -0.4 is 9.92 Å². The SMILES string of the molecule is C1=Cc2c(ccc3ccccc23)OC1.C1=Cc2ccccc2[SiH2]1. The van der Waals surface area contributed by atoms with Gasteiger partial charge in [0.1, 0.15) is 12.4 Å². The number of hydrogen-bond donors (Lipinski definition) is 0. The van der Waals surface area contributed by atoms with Gasteiger partial charge in [-0.3, -0.25) is 0 Å². The molecule has 0 atom stereocenters. The van der Waals surface area contributed by atoms with Crippen LogP contribution in [-0.4, -0.2) is 16.1 Å². The van der Waals surface area contributed by atoms with Gasteiger partial charge in [-0.25, -0.2) is 0 Å². The second-order valence-corrected chi connectivity index (χ2v) is 7.36. The van der Waals surface area contributed by atoms with Crippen molar-refractivity contribution < 1.29 is 4.74 Å². The van der Waals surface area contributed by atoms with Gasteiger partial charge in [-0.1, -0.05) is 77.6 Å². The van der Waals surface area contributed by atoms with Crippen LogP contribution in [0.15, 0.2) is 72.4 Å². The maximum Gasteiger partial charge on any atom is 0.127 e. The van der Waals surface area contributed by atoms with Crippen LogP contribution in [0.25, 0.3) is 22.9 Å². The van der Waals surface area contributed by atoms with E-state index in [1.165, 1.54) is 21.9 Å². The molecule has 112 valence electrons. The predicted octanol–water partition coefficient (Wildman–Crippen LogP) is 3.71. The second-order valence-electron chi connectivity index (χ2n) is 5.72. The summed E-state index contributed by atoms with van der Waals surface area (Å²) in [5.74, 6) is 0.992. The average molecular weight is 314 g/mol. The molecule has 0 aromatic heterocycles. The Morgan fingerprint density at radius 1 is 0.826 bits per heavy atom. The Bertz CT molecular complexity index is 909. The number of ether oxygens (including phenoxy) is 1. The van der Waals surface area contributed by atoms with Crippen molar-refractivity contribution in [2.75, 3.05) is 6.61 Å². The fourth-order valence-corrected chi connectivity index (χ4v) is 4.44. The molecule has 2 aliphatic rings. The highest BCUT2D eigenvalue weighted by atomic mass is 28.2. The molecule has 5 rings (SSSR count). The van der Waals surface area contributed by atoms with Gasteiger partial charge in [0.15, 0.2) is 0 Å². The summed E-state index contributed by atoms with van der Waals surface area (Å²) in [6.07, 6.45) is 6.43. The molecule has 3 aromatic rings. The maximum absolute atomic E-state index is 5.54. The summed E-state index contributed by atoms with van der Waals surface area (Å²) in [5.41, 5.74) is 4.99. The maximum atomic E-state index is 5.54. The van der Waals surface area contributed by atoms with Crippen molar-refractivity contribution in [2.45, 2.75) is 0 Å². The minimum atomic E-state index is 0.0110. The van der Waals surface area contributed by atoms with Crippen molar-refractivity contribution in [1.29, 1.82) is 0 Å². The molecule has 0 N–H and O–H groups in total. The largest absolute Gasteiger partial charge is 0.489 e. The highest BCUT2D eigenvalue weighted by molar-refractivity contribution is 6.62. The van der Waals surface area contributed by atoms with E-state index in [0.717, 1.165) is 5.75 Å². The van der Waals surface area contributed by atoms with Gasteiger partial charge in [0.05, 0.1) is 9.52 Å². The summed E-state index contributed by atoms with van der Waals surface area (Å²) in [6, 6.07) is 21.2. The summed E-state index contributed by atoms with van der Waals surface area (Å²) in [6.45, 7) is 0.686. The Kier molecular flexibility index (Phi) is 3.83. The first kappa shape index (κ1) is 14.0. The van der Waals surface area contributed by atoms with Gasteiger partial charge in [0.25, 0.3) is 0 Å². The van der Waals surface area contributed by atoms with Gasteiger partial charge in [0, 0.05) is 5.56 Å². The van der Waals surface area contributed by atoms with Crippen molar-refractivity contribution in [3.05, 3.63) is 83.6 Å². The summed E-state index contributed by atoms with van der Waals surface area (Å²) in [5, 5.41) is 4.12. The third-order valence-corrected chi connectivity index (χ3v) is 5.80. The van der Waals surface area contributed by atoms with E-state index in [-0.39, 0.29) is 9.52 Å². The third kappa shape index (κ3) is 2.86. The van der Waals surface area contributed by atoms with E-state index in [0.29, 0.717) is 6.61 Å². The van der Waals surface area contributed by atoms with E-state index in [4.69, 9.17) is 4.74 Å². The van der Waals surface area contributed by atoms with Gasteiger partial charge < -0.3 is 4.74 Å². The van der Waals surface area contributed by atoms with Crippen LogP contribution in [0.3, 0.4) is 0 Å². The van der Waals surface area contributed by atoms with E-state index >= 15 is 0 Å². The smallest absolute Gasteiger partial charge is 0.127 e. The zero-order valence-electron chi connectivity index (χ0n) is 12.9. The number of hydrogen-bond acceptors (Lipinski definition) is 1. The van der Waals surface area contributed by atoms with Crippen LogP contribution in [0.5, 0.6) is 5.75 Å². The molecule has 0 fully saturated rings.